The second-order valence-corrected chi connectivity index (χ2v) is 2.35. The number of halogens is 8. The average Bonchev–Trinajstić information content (AvgIpc) is 2.05. The molecule has 1 aliphatic carbocycles. The van der Waals surface area contributed by atoms with E-state index in [1.165, 1.54) is 0 Å². The van der Waals surface area contributed by atoms with Gasteiger partial charge in [0, 0.05) is 5.48 Å². The van der Waals surface area contributed by atoms with Crippen molar-refractivity contribution in [2.75, 3.05) is 0 Å². The second-order valence-electron chi connectivity index (χ2n) is 2.35. The van der Waals surface area contributed by atoms with Crippen LogP contribution in [0.15, 0.2) is 11.7 Å². The van der Waals surface area contributed by atoms with Crippen molar-refractivity contribution in [3.63, 3.8) is 0 Å². The molecule has 1 nitrogen and oxygen atoms in total. The van der Waals surface area contributed by atoms with Gasteiger partial charge >= 0.3 is 17.8 Å². The summed E-state index contributed by atoms with van der Waals surface area (Å²) < 4.78 is 95.6. The summed E-state index contributed by atoms with van der Waals surface area (Å²) in [5.41, 5.74) is 0. The second kappa shape index (κ2) is 2.81. The SMILES string of the molecule is FC1=C(F)C(F)(F)C(F)(F)C1(F)F.[O]. The summed E-state index contributed by atoms with van der Waals surface area (Å²) in [6.07, 6.45) is 0. The van der Waals surface area contributed by atoms with E-state index in [2.05, 4.69) is 0 Å². The third-order valence-electron chi connectivity index (χ3n) is 1.53. The van der Waals surface area contributed by atoms with Crippen LogP contribution in [-0.4, -0.2) is 17.8 Å². The number of rotatable bonds is 0. The molecule has 0 spiro atoms. The monoisotopic (exact) mass is 228 g/mol. The van der Waals surface area contributed by atoms with E-state index in [0.29, 0.717) is 0 Å². The van der Waals surface area contributed by atoms with Crippen molar-refractivity contribution < 1.29 is 40.6 Å². The van der Waals surface area contributed by atoms with Crippen LogP contribution >= 0.6 is 0 Å². The molecule has 0 saturated heterocycles. The summed E-state index contributed by atoms with van der Waals surface area (Å²) in [7, 11) is 0. The number of alkyl halides is 6. The molecule has 1 rings (SSSR count). The van der Waals surface area contributed by atoms with Crippen molar-refractivity contribution in [3.05, 3.63) is 11.7 Å². The fourth-order valence-electron chi connectivity index (χ4n) is 0.749. The standard InChI is InChI=1S/C5F8.O/c6-1-2(7)4(10,11)5(12,13)3(1,8)9;. The maximum absolute atomic E-state index is 12.0. The topological polar surface area (TPSA) is 28.5 Å². The minimum absolute atomic E-state index is 0. The number of allylic oxidation sites excluding steroid dienone is 2. The van der Waals surface area contributed by atoms with Crippen LogP contribution in [-0.2, 0) is 5.48 Å². The maximum Gasteiger partial charge on any atom is 0.385 e. The first-order valence-electron chi connectivity index (χ1n) is 2.76. The van der Waals surface area contributed by atoms with Crippen molar-refractivity contribution in [2.45, 2.75) is 17.8 Å². The molecule has 14 heavy (non-hydrogen) atoms. The third-order valence-corrected chi connectivity index (χ3v) is 1.53. The Bertz CT molecular complexity index is 253. The minimum atomic E-state index is -6.06. The summed E-state index contributed by atoms with van der Waals surface area (Å²) in [6.45, 7) is 0. The van der Waals surface area contributed by atoms with Gasteiger partial charge in [-0.1, -0.05) is 0 Å². The lowest BCUT2D eigenvalue weighted by Gasteiger charge is -2.22. The zero-order valence-corrected chi connectivity index (χ0v) is 5.93. The van der Waals surface area contributed by atoms with Gasteiger partial charge in [-0.15, -0.1) is 0 Å². The van der Waals surface area contributed by atoms with Crippen LogP contribution in [0, 0.1) is 0 Å². The van der Waals surface area contributed by atoms with Crippen LogP contribution in [0.4, 0.5) is 35.1 Å². The highest BCUT2D eigenvalue weighted by atomic mass is 19.4. The molecule has 0 saturated carbocycles. The molecule has 0 fully saturated rings. The molecule has 0 unspecified atom stereocenters. The highest BCUT2D eigenvalue weighted by molar-refractivity contribution is 5.32. The largest absolute Gasteiger partial charge is 0.385 e. The fourth-order valence-corrected chi connectivity index (χ4v) is 0.749. The van der Waals surface area contributed by atoms with E-state index in [9.17, 15) is 35.1 Å². The highest BCUT2D eigenvalue weighted by Crippen LogP contribution is 2.59. The molecule has 82 valence electrons. The Kier molecular flexibility index (Phi) is 2.64. The van der Waals surface area contributed by atoms with Gasteiger partial charge < -0.3 is 0 Å². The zero-order chi connectivity index (χ0) is 10.7. The molecule has 0 atom stereocenters. The van der Waals surface area contributed by atoms with E-state index in [1.54, 1.807) is 0 Å². The highest BCUT2D eigenvalue weighted by Gasteiger charge is 2.82. The van der Waals surface area contributed by atoms with Gasteiger partial charge in [-0.2, -0.15) is 26.3 Å². The van der Waals surface area contributed by atoms with Gasteiger partial charge in [-0.05, 0) is 0 Å². The molecule has 0 aromatic rings. The van der Waals surface area contributed by atoms with Gasteiger partial charge in [-0.3, -0.25) is 0 Å². The molecular formula is C5F8O. The average molecular weight is 228 g/mol. The normalized spacial score (nSPS) is 27.4. The minimum Gasteiger partial charge on any atom is -0.202 e. The molecule has 0 aromatic carbocycles. The van der Waals surface area contributed by atoms with Crippen LogP contribution in [0.25, 0.3) is 0 Å². The van der Waals surface area contributed by atoms with Crippen molar-refractivity contribution in [3.8, 4) is 0 Å². The molecule has 9 heteroatoms. The van der Waals surface area contributed by atoms with Gasteiger partial charge in [0.1, 0.15) is 0 Å². The van der Waals surface area contributed by atoms with Gasteiger partial charge in [-0.25, -0.2) is 8.78 Å². The summed E-state index contributed by atoms with van der Waals surface area (Å²) in [4.78, 5) is 0. The lowest BCUT2D eigenvalue weighted by Crippen LogP contribution is -2.48. The smallest absolute Gasteiger partial charge is 0.202 e. The molecule has 0 aromatic heterocycles. The molecule has 0 N–H and O–H groups in total. The predicted molar refractivity (Wildman–Crippen MR) is 24.8 cm³/mol. The molecule has 0 heterocycles. The summed E-state index contributed by atoms with van der Waals surface area (Å²) in [5, 5.41) is 0. The molecule has 1 aliphatic rings. The third kappa shape index (κ3) is 1.04. The Labute approximate surface area is 71.3 Å². The molecular weight excluding hydrogens is 228 g/mol. The fraction of sp³-hybridized carbons (Fsp3) is 0.600. The van der Waals surface area contributed by atoms with Crippen LogP contribution in [0.3, 0.4) is 0 Å². The van der Waals surface area contributed by atoms with E-state index in [0.717, 1.165) is 0 Å². The molecule has 0 aliphatic heterocycles. The van der Waals surface area contributed by atoms with Gasteiger partial charge in [0.15, 0.2) is 0 Å². The van der Waals surface area contributed by atoms with Crippen LogP contribution < -0.4 is 0 Å². The van der Waals surface area contributed by atoms with Crippen LogP contribution in [0.5, 0.6) is 0 Å². The predicted octanol–water partition coefficient (Wildman–Crippen LogP) is 2.94. The zero-order valence-electron chi connectivity index (χ0n) is 5.93. The van der Waals surface area contributed by atoms with Crippen molar-refractivity contribution in [1.82, 2.24) is 0 Å². The quantitative estimate of drug-likeness (QED) is 0.570. The van der Waals surface area contributed by atoms with Gasteiger partial charge in [0.05, 0.1) is 0 Å². The summed E-state index contributed by atoms with van der Waals surface area (Å²) in [6, 6.07) is 0. The van der Waals surface area contributed by atoms with Crippen molar-refractivity contribution >= 4 is 0 Å². The number of hydrogen-bond donors (Lipinski definition) is 0. The summed E-state index contributed by atoms with van der Waals surface area (Å²) in [5.74, 6) is -24.5. The van der Waals surface area contributed by atoms with Crippen LogP contribution in [0.2, 0.25) is 0 Å². The van der Waals surface area contributed by atoms with E-state index < -0.39 is 29.4 Å². The van der Waals surface area contributed by atoms with E-state index in [4.69, 9.17) is 0 Å². The Morgan fingerprint density at radius 2 is 0.857 bits per heavy atom. The first-order chi connectivity index (χ1) is 5.57. The van der Waals surface area contributed by atoms with Gasteiger partial charge in [0.25, 0.3) is 0 Å². The Balaban J connectivity index is 0.00000169. The maximum atomic E-state index is 12.0. The lowest BCUT2D eigenvalue weighted by molar-refractivity contribution is -0.271. The number of hydrogen-bond acceptors (Lipinski definition) is 0. The first-order valence-corrected chi connectivity index (χ1v) is 2.76. The molecule has 2 radical (unpaired) electrons. The van der Waals surface area contributed by atoms with Crippen LogP contribution in [0.1, 0.15) is 0 Å². The Hall–Kier alpha value is -0.860. The van der Waals surface area contributed by atoms with E-state index in [-0.39, 0.29) is 5.48 Å². The Morgan fingerprint density at radius 3 is 0.929 bits per heavy atom. The van der Waals surface area contributed by atoms with E-state index >= 15 is 0 Å². The van der Waals surface area contributed by atoms with Crippen molar-refractivity contribution in [2.24, 2.45) is 0 Å². The molecule has 0 bridgehead atoms. The van der Waals surface area contributed by atoms with Gasteiger partial charge in [0.2, 0.25) is 11.7 Å². The molecule has 0 amide bonds. The Morgan fingerprint density at radius 1 is 0.643 bits per heavy atom. The lowest BCUT2D eigenvalue weighted by atomic mass is 10.2. The summed E-state index contributed by atoms with van der Waals surface area (Å²) >= 11 is 0. The van der Waals surface area contributed by atoms with Crippen molar-refractivity contribution in [1.29, 1.82) is 0 Å². The first kappa shape index (κ1) is 13.1. The van der Waals surface area contributed by atoms with E-state index in [1.807, 2.05) is 0 Å².